The standard InChI is InChI=1S/C14H13BrFNO/c1-18-13-6-7-14(15)10(8-13)9-17-12-4-2-11(16)3-5-12/h2-8,17H,9H2,1H3. The van der Waals surface area contributed by atoms with Gasteiger partial charge in [0.05, 0.1) is 7.11 Å². The van der Waals surface area contributed by atoms with E-state index in [0.29, 0.717) is 6.54 Å². The Bertz CT molecular complexity index is 528. The van der Waals surface area contributed by atoms with Crippen molar-refractivity contribution in [2.45, 2.75) is 6.54 Å². The molecule has 94 valence electrons. The number of benzene rings is 2. The molecule has 0 aromatic heterocycles. The van der Waals surface area contributed by atoms with E-state index in [1.165, 1.54) is 12.1 Å². The lowest BCUT2D eigenvalue weighted by Crippen LogP contribution is -2.00. The first-order valence-corrected chi connectivity index (χ1v) is 6.30. The maximum Gasteiger partial charge on any atom is 0.123 e. The number of halogens is 2. The first kappa shape index (κ1) is 12.9. The summed E-state index contributed by atoms with van der Waals surface area (Å²) in [4.78, 5) is 0. The number of nitrogens with one attached hydrogen (secondary N) is 1. The van der Waals surface area contributed by atoms with Crippen molar-refractivity contribution in [3.8, 4) is 5.75 Å². The van der Waals surface area contributed by atoms with Crippen LogP contribution in [-0.2, 0) is 6.54 Å². The van der Waals surface area contributed by atoms with Gasteiger partial charge in [0.15, 0.2) is 0 Å². The van der Waals surface area contributed by atoms with Gasteiger partial charge in [-0.05, 0) is 48.0 Å². The van der Waals surface area contributed by atoms with Gasteiger partial charge in [0, 0.05) is 16.7 Å². The molecule has 0 unspecified atom stereocenters. The Morgan fingerprint density at radius 1 is 1.17 bits per heavy atom. The van der Waals surface area contributed by atoms with E-state index in [4.69, 9.17) is 4.74 Å². The number of methoxy groups -OCH3 is 1. The van der Waals surface area contributed by atoms with Crippen LogP contribution in [0.1, 0.15) is 5.56 Å². The summed E-state index contributed by atoms with van der Waals surface area (Å²) in [5.41, 5.74) is 1.96. The summed E-state index contributed by atoms with van der Waals surface area (Å²) in [6.07, 6.45) is 0. The average Bonchev–Trinajstić information content (AvgIpc) is 2.40. The van der Waals surface area contributed by atoms with Crippen LogP contribution in [0.2, 0.25) is 0 Å². The molecular weight excluding hydrogens is 297 g/mol. The highest BCUT2D eigenvalue weighted by Gasteiger charge is 2.02. The van der Waals surface area contributed by atoms with Crippen molar-refractivity contribution < 1.29 is 9.13 Å². The molecule has 0 aliphatic rings. The van der Waals surface area contributed by atoms with Gasteiger partial charge in [0.1, 0.15) is 11.6 Å². The summed E-state index contributed by atoms with van der Waals surface area (Å²) >= 11 is 3.49. The lowest BCUT2D eigenvalue weighted by molar-refractivity contribution is 0.414. The van der Waals surface area contributed by atoms with E-state index in [-0.39, 0.29) is 5.82 Å². The van der Waals surface area contributed by atoms with Crippen molar-refractivity contribution >= 4 is 21.6 Å². The van der Waals surface area contributed by atoms with Crippen LogP contribution in [0.15, 0.2) is 46.9 Å². The number of ether oxygens (including phenoxy) is 1. The normalized spacial score (nSPS) is 10.2. The van der Waals surface area contributed by atoms with Gasteiger partial charge in [0.25, 0.3) is 0 Å². The van der Waals surface area contributed by atoms with Gasteiger partial charge in [-0.25, -0.2) is 4.39 Å². The van der Waals surface area contributed by atoms with Gasteiger partial charge in [-0.15, -0.1) is 0 Å². The summed E-state index contributed by atoms with van der Waals surface area (Å²) in [5, 5.41) is 3.23. The Morgan fingerprint density at radius 2 is 1.89 bits per heavy atom. The van der Waals surface area contributed by atoms with E-state index in [1.807, 2.05) is 18.2 Å². The summed E-state index contributed by atoms with van der Waals surface area (Å²) in [6, 6.07) is 12.1. The molecule has 18 heavy (non-hydrogen) atoms. The molecule has 0 saturated heterocycles. The molecule has 2 aromatic rings. The second-order valence-electron chi connectivity index (χ2n) is 3.82. The highest BCUT2D eigenvalue weighted by atomic mass is 79.9. The number of hydrogen-bond acceptors (Lipinski definition) is 2. The molecule has 4 heteroatoms. The molecule has 0 fully saturated rings. The Morgan fingerprint density at radius 3 is 2.56 bits per heavy atom. The zero-order chi connectivity index (χ0) is 13.0. The largest absolute Gasteiger partial charge is 0.497 e. The van der Waals surface area contributed by atoms with Crippen LogP contribution in [0.5, 0.6) is 5.75 Å². The molecule has 0 saturated carbocycles. The zero-order valence-corrected chi connectivity index (χ0v) is 11.5. The van der Waals surface area contributed by atoms with Crippen molar-refractivity contribution in [2.75, 3.05) is 12.4 Å². The van der Waals surface area contributed by atoms with E-state index in [9.17, 15) is 4.39 Å². The van der Waals surface area contributed by atoms with Gasteiger partial charge in [-0.1, -0.05) is 15.9 Å². The number of hydrogen-bond donors (Lipinski definition) is 1. The second-order valence-corrected chi connectivity index (χ2v) is 4.67. The van der Waals surface area contributed by atoms with Crippen molar-refractivity contribution in [3.63, 3.8) is 0 Å². The molecule has 1 N–H and O–H groups in total. The number of rotatable bonds is 4. The monoisotopic (exact) mass is 309 g/mol. The Kier molecular flexibility index (Phi) is 4.20. The topological polar surface area (TPSA) is 21.3 Å². The SMILES string of the molecule is COc1ccc(Br)c(CNc2ccc(F)cc2)c1. The van der Waals surface area contributed by atoms with Gasteiger partial charge in [-0.3, -0.25) is 0 Å². The predicted molar refractivity (Wildman–Crippen MR) is 74.4 cm³/mol. The number of anilines is 1. The van der Waals surface area contributed by atoms with Gasteiger partial charge in [0.2, 0.25) is 0 Å². The van der Waals surface area contributed by atoms with Crippen LogP contribution < -0.4 is 10.1 Å². The predicted octanol–water partition coefficient (Wildman–Crippen LogP) is 4.21. The first-order chi connectivity index (χ1) is 8.69. The van der Waals surface area contributed by atoms with E-state index < -0.39 is 0 Å². The molecule has 0 radical (unpaired) electrons. The minimum atomic E-state index is -0.233. The molecule has 0 atom stereocenters. The summed E-state index contributed by atoms with van der Waals surface area (Å²) in [5.74, 6) is 0.581. The molecule has 0 amide bonds. The molecule has 0 spiro atoms. The third-order valence-electron chi connectivity index (χ3n) is 2.58. The van der Waals surface area contributed by atoms with Crippen molar-refractivity contribution in [2.24, 2.45) is 0 Å². The maximum absolute atomic E-state index is 12.8. The second kappa shape index (κ2) is 5.87. The highest BCUT2D eigenvalue weighted by Crippen LogP contribution is 2.23. The summed E-state index contributed by atoms with van der Waals surface area (Å²) in [7, 11) is 1.64. The Hall–Kier alpha value is -1.55. The van der Waals surface area contributed by atoms with E-state index in [2.05, 4.69) is 21.2 Å². The van der Waals surface area contributed by atoms with Crippen LogP contribution in [0.4, 0.5) is 10.1 Å². The molecule has 0 aliphatic carbocycles. The lowest BCUT2D eigenvalue weighted by Gasteiger charge is -2.10. The minimum Gasteiger partial charge on any atom is -0.497 e. The first-order valence-electron chi connectivity index (χ1n) is 5.51. The summed E-state index contributed by atoms with van der Waals surface area (Å²) < 4.78 is 19.0. The zero-order valence-electron chi connectivity index (χ0n) is 9.91. The van der Waals surface area contributed by atoms with E-state index >= 15 is 0 Å². The van der Waals surface area contributed by atoms with Crippen molar-refractivity contribution in [1.29, 1.82) is 0 Å². The fourth-order valence-electron chi connectivity index (χ4n) is 1.58. The van der Waals surface area contributed by atoms with Crippen LogP contribution in [0.3, 0.4) is 0 Å². The quantitative estimate of drug-likeness (QED) is 0.913. The molecule has 0 bridgehead atoms. The van der Waals surface area contributed by atoms with Crippen LogP contribution in [0, 0.1) is 5.82 Å². The van der Waals surface area contributed by atoms with Crippen LogP contribution >= 0.6 is 15.9 Å². The third kappa shape index (κ3) is 3.23. The lowest BCUT2D eigenvalue weighted by atomic mass is 10.2. The van der Waals surface area contributed by atoms with Gasteiger partial charge >= 0.3 is 0 Å². The van der Waals surface area contributed by atoms with Gasteiger partial charge < -0.3 is 10.1 Å². The fourth-order valence-corrected chi connectivity index (χ4v) is 1.97. The minimum absolute atomic E-state index is 0.233. The maximum atomic E-state index is 12.8. The van der Waals surface area contributed by atoms with Crippen LogP contribution in [-0.4, -0.2) is 7.11 Å². The molecule has 2 rings (SSSR count). The van der Waals surface area contributed by atoms with Gasteiger partial charge in [-0.2, -0.15) is 0 Å². The molecular formula is C14H13BrFNO. The Balaban J connectivity index is 2.07. The van der Waals surface area contributed by atoms with Crippen molar-refractivity contribution in [1.82, 2.24) is 0 Å². The molecule has 0 heterocycles. The molecule has 0 aliphatic heterocycles. The third-order valence-corrected chi connectivity index (χ3v) is 3.35. The van der Waals surface area contributed by atoms with Crippen LogP contribution in [0.25, 0.3) is 0 Å². The molecule has 2 aromatic carbocycles. The highest BCUT2D eigenvalue weighted by molar-refractivity contribution is 9.10. The fraction of sp³-hybridized carbons (Fsp3) is 0.143. The van der Waals surface area contributed by atoms with Crippen molar-refractivity contribution in [3.05, 3.63) is 58.3 Å². The smallest absolute Gasteiger partial charge is 0.123 e. The molecule has 2 nitrogen and oxygen atoms in total. The summed E-state index contributed by atoms with van der Waals surface area (Å²) in [6.45, 7) is 0.642. The average molecular weight is 310 g/mol. The van der Waals surface area contributed by atoms with E-state index in [0.717, 1.165) is 21.5 Å². The van der Waals surface area contributed by atoms with E-state index in [1.54, 1.807) is 19.2 Å². The Labute approximate surface area is 114 Å².